The predicted molar refractivity (Wildman–Crippen MR) is 56.3 cm³/mol. The van der Waals surface area contributed by atoms with Gasteiger partial charge >= 0.3 is 6.09 Å². The molecule has 0 radical (unpaired) electrons. The lowest BCUT2D eigenvalue weighted by Crippen LogP contribution is -2.09. The van der Waals surface area contributed by atoms with Gasteiger partial charge in [-0.1, -0.05) is 24.3 Å². The summed E-state index contributed by atoms with van der Waals surface area (Å²) in [6, 6.07) is 9.71. The van der Waals surface area contributed by atoms with E-state index in [-0.39, 0.29) is 0 Å². The Kier molecular flexibility index (Phi) is 1.42. The van der Waals surface area contributed by atoms with Gasteiger partial charge in [0.15, 0.2) is 0 Å². The molecule has 4 nitrogen and oxygen atoms in total. The van der Waals surface area contributed by atoms with E-state index in [0.29, 0.717) is 0 Å². The molecule has 1 aliphatic carbocycles. The summed E-state index contributed by atoms with van der Waals surface area (Å²) >= 11 is 0. The first kappa shape index (κ1) is 8.11. The average Bonchev–Trinajstić information content (AvgIpc) is 2.74. The first-order valence-electron chi connectivity index (χ1n) is 4.58. The van der Waals surface area contributed by atoms with Crippen LogP contribution >= 0.6 is 0 Å². The summed E-state index contributed by atoms with van der Waals surface area (Å²) in [4.78, 5) is 10.9. The molecule has 1 heterocycles. The maximum Gasteiger partial charge on any atom is 0.430 e. The third kappa shape index (κ3) is 0.985. The van der Waals surface area contributed by atoms with E-state index in [4.69, 9.17) is 5.11 Å². The molecule has 4 heteroatoms. The fourth-order valence-electron chi connectivity index (χ4n) is 1.94. The summed E-state index contributed by atoms with van der Waals surface area (Å²) in [5, 5.41) is 13.7. The lowest BCUT2D eigenvalue weighted by molar-refractivity contribution is 0.193. The number of nitrogens with one attached hydrogen (secondary N) is 1. The quantitative estimate of drug-likeness (QED) is 0.586. The molecule has 0 unspecified atom stereocenters. The van der Waals surface area contributed by atoms with E-state index in [1.165, 1.54) is 0 Å². The standard InChI is InChI=1S/C11H8N2O2/c14-11(15)13-10-8(6-12-13)5-7-3-1-2-4-9(7)10/h1-6,12H,(H,14,15). The molecule has 1 aliphatic heterocycles. The number of nitrogens with zero attached hydrogens (tertiary/aromatic N) is 1. The van der Waals surface area contributed by atoms with E-state index >= 15 is 0 Å². The molecule has 2 N–H and O–H groups in total. The number of aromatic amines is 1. The van der Waals surface area contributed by atoms with Gasteiger partial charge in [-0.15, -0.1) is 0 Å². The van der Waals surface area contributed by atoms with Crippen molar-refractivity contribution in [3.63, 3.8) is 0 Å². The summed E-state index contributed by atoms with van der Waals surface area (Å²) < 4.78 is 1.14. The van der Waals surface area contributed by atoms with Crippen molar-refractivity contribution in [1.29, 1.82) is 0 Å². The molecule has 3 rings (SSSR count). The Hall–Kier alpha value is -2.23. The molecule has 0 fully saturated rings. The zero-order valence-electron chi connectivity index (χ0n) is 7.77. The Bertz CT molecular complexity index is 621. The van der Waals surface area contributed by atoms with Crippen molar-refractivity contribution in [3.8, 4) is 11.3 Å². The van der Waals surface area contributed by atoms with Crippen LogP contribution in [-0.4, -0.2) is 21.0 Å². The maximum atomic E-state index is 10.9. The second kappa shape index (κ2) is 2.63. The van der Waals surface area contributed by atoms with Crippen molar-refractivity contribution < 1.29 is 9.90 Å². The topological polar surface area (TPSA) is 58.0 Å². The summed E-state index contributed by atoms with van der Waals surface area (Å²) in [5.41, 5.74) is 1.64. The van der Waals surface area contributed by atoms with Crippen molar-refractivity contribution in [3.05, 3.63) is 36.5 Å². The van der Waals surface area contributed by atoms with Crippen molar-refractivity contribution in [2.75, 3.05) is 0 Å². The summed E-state index contributed by atoms with van der Waals surface area (Å²) in [6.07, 6.45) is 0.699. The summed E-state index contributed by atoms with van der Waals surface area (Å²) in [7, 11) is 0. The molecule has 0 atom stereocenters. The van der Waals surface area contributed by atoms with E-state index in [0.717, 1.165) is 26.7 Å². The third-order valence-electron chi connectivity index (χ3n) is 2.56. The highest BCUT2D eigenvalue weighted by Gasteiger charge is 2.17. The molecule has 0 spiro atoms. The van der Waals surface area contributed by atoms with Gasteiger partial charge < -0.3 is 5.11 Å². The SMILES string of the molecule is O=C(O)n1[nH]cc2cc3ccccc3c1-2. The highest BCUT2D eigenvalue weighted by Crippen LogP contribution is 2.33. The molecule has 0 saturated carbocycles. The van der Waals surface area contributed by atoms with Gasteiger partial charge in [-0.3, -0.25) is 5.10 Å². The van der Waals surface area contributed by atoms with Gasteiger partial charge in [-0.05, 0) is 11.5 Å². The van der Waals surface area contributed by atoms with Crippen LogP contribution in [0.3, 0.4) is 0 Å². The van der Waals surface area contributed by atoms with Gasteiger partial charge in [0.2, 0.25) is 0 Å². The van der Waals surface area contributed by atoms with Gasteiger partial charge in [0.05, 0.1) is 5.69 Å². The number of benzene rings is 1. The van der Waals surface area contributed by atoms with Crippen LogP contribution in [0.1, 0.15) is 0 Å². The fourth-order valence-corrected chi connectivity index (χ4v) is 1.94. The molecule has 0 saturated heterocycles. The molecule has 15 heavy (non-hydrogen) atoms. The predicted octanol–water partition coefficient (Wildman–Crippen LogP) is 2.60. The number of carboxylic acid groups (broad SMARTS) is 1. The van der Waals surface area contributed by atoms with E-state index in [9.17, 15) is 4.79 Å². The Balaban J connectivity index is 2.47. The number of hydrogen-bond acceptors (Lipinski definition) is 1. The maximum absolute atomic E-state index is 10.9. The van der Waals surface area contributed by atoms with Gasteiger partial charge in [-0.25, -0.2) is 4.79 Å². The van der Waals surface area contributed by atoms with E-state index in [2.05, 4.69) is 5.10 Å². The highest BCUT2D eigenvalue weighted by atomic mass is 16.4. The van der Waals surface area contributed by atoms with Gasteiger partial charge in [0, 0.05) is 17.1 Å². The van der Waals surface area contributed by atoms with Crippen LogP contribution in [0.2, 0.25) is 0 Å². The van der Waals surface area contributed by atoms with Crippen LogP contribution in [0, 0.1) is 0 Å². The molecular formula is C11H8N2O2. The monoisotopic (exact) mass is 200 g/mol. The normalized spacial score (nSPS) is 11.2. The van der Waals surface area contributed by atoms with E-state index in [1.54, 1.807) is 6.20 Å². The van der Waals surface area contributed by atoms with Crippen LogP contribution in [0.25, 0.3) is 22.0 Å². The van der Waals surface area contributed by atoms with Gasteiger partial charge in [0.25, 0.3) is 0 Å². The van der Waals surface area contributed by atoms with Gasteiger partial charge in [-0.2, -0.15) is 4.68 Å². The molecule has 2 aliphatic rings. The largest absolute Gasteiger partial charge is 0.463 e. The van der Waals surface area contributed by atoms with E-state index < -0.39 is 6.09 Å². The van der Waals surface area contributed by atoms with Crippen LogP contribution in [-0.2, 0) is 0 Å². The highest BCUT2D eigenvalue weighted by molar-refractivity contribution is 6.02. The van der Waals surface area contributed by atoms with Crippen molar-refractivity contribution in [2.24, 2.45) is 0 Å². The minimum atomic E-state index is -0.999. The number of H-pyrrole nitrogens is 1. The zero-order valence-corrected chi connectivity index (χ0v) is 7.77. The van der Waals surface area contributed by atoms with Gasteiger partial charge in [0.1, 0.15) is 0 Å². The Labute approximate surface area is 85.1 Å². The number of rotatable bonds is 0. The number of hydrogen-bond donors (Lipinski definition) is 2. The zero-order chi connectivity index (χ0) is 10.4. The van der Waals surface area contributed by atoms with Crippen molar-refractivity contribution in [1.82, 2.24) is 9.78 Å². The fraction of sp³-hybridized carbons (Fsp3) is 0. The summed E-state index contributed by atoms with van der Waals surface area (Å²) in [5.74, 6) is 0. The molecule has 1 aromatic carbocycles. The Morgan fingerprint density at radius 2 is 2.13 bits per heavy atom. The number of carbonyl (C=O) groups is 1. The first-order chi connectivity index (χ1) is 7.27. The second-order valence-corrected chi connectivity index (χ2v) is 3.43. The van der Waals surface area contributed by atoms with Crippen molar-refractivity contribution in [2.45, 2.75) is 0 Å². The minimum absolute atomic E-state index is 0.720. The summed E-state index contributed by atoms with van der Waals surface area (Å²) in [6.45, 7) is 0. The molecule has 0 bridgehead atoms. The van der Waals surface area contributed by atoms with Crippen LogP contribution in [0.15, 0.2) is 36.5 Å². The van der Waals surface area contributed by atoms with Crippen LogP contribution in [0.5, 0.6) is 0 Å². The number of aromatic nitrogens is 2. The molecule has 1 aromatic rings. The smallest absolute Gasteiger partial charge is 0.430 e. The molecule has 0 amide bonds. The van der Waals surface area contributed by atoms with Crippen LogP contribution in [0.4, 0.5) is 4.79 Å². The molecule has 0 aromatic heterocycles. The number of fused-ring (bicyclic) bond motifs is 3. The first-order valence-corrected chi connectivity index (χ1v) is 4.58. The van der Waals surface area contributed by atoms with Crippen LogP contribution < -0.4 is 0 Å². The Morgan fingerprint density at radius 3 is 2.93 bits per heavy atom. The second-order valence-electron chi connectivity index (χ2n) is 3.43. The van der Waals surface area contributed by atoms with E-state index in [1.807, 2.05) is 30.3 Å². The lowest BCUT2D eigenvalue weighted by Gasteiger charge is -1.98. The molecular weight excluding hydrogens is 192 g/mol. The third-order valence-corrected chi connectivity index (χ3v) is 2.56. The lowest BCUT2D eigenvalue weighted by atomic mass is 10.2. The molecule has 74 valence electrons. The average molecular weight is 200 g/mol. The Morgan fingerprint density at radius 1 is 1.33 bits per heavy atom. The van der Waals surface area contributed by atoms with Crippen molar-refractivity contribution >= 4 is 16.9 Å². The minimum Gasteiger partial charge on any atom is -0.463 e.